The van der Waals surface area contributed by atoms with Crippen LogP contribution in [0, 0.1) is 0 Å². The van der Waals surface area contributed by atoms with Crippen molar-refractivity contribution in [2.75, 3.05) is 20.3 Å². The normalized spacial score (nSPS) is 10.1. The molecule has 2 rings (SSSR count). The molecule has 0 N–H and O–H groups in total. The largest absolute Gasteiger partial charge is 0.493 e. The highest BCUT2D eigenvalue weighted by atomic mass is 16.5. The van der Waals surface area contributed by atoms with Crippen molar-refractivity contribution in [2.24, 2.45) is 0 Å². The number of Topliss-reactive ketones (excluding diaryl/α,β-unsaturated/α-hetero) is 1. The fourth-order valence-electron chi connectivity index (χ4n) is 2.31. The van der Waals surface area contributed by atoms with Gasteiger partial charge >= 0.3 is 0 Å². The van der Waals surface area contributed by atoms with Crippen molar-refractivity contribution in [1.82, 2.24) is 0 Å². The Balaban J connectivity index is 1.93. The standard InChI is InChI=1S/C20H22O4/c1-4-7-16-10-11-19(20(14-16)22-3)24-13-12-23-18-9-6-5-8-17(18)15(2)21/h4-6,8-11,14H,1,7,12-13H2,2-3H3. The number of para-hydroxylation sites is 1. The molecule has 0 saturated carbocycles. The van der Waals surface area contributed by atoms with E-state index in [0.717, 1.165) is 12.0 Å². The number of allylic oxidation sites excluding steroid dienone is 1. The molecule has 0 heterocycles. The molecule has 4 nitrogen and oxygen atoms in total. The first-order valence-electron chi connectivity index (χ1n) is 7.79. The molecular formula is C20H22O4. The minimum Gasteiger partial charge on any atom is -0.493 e. The van der Waals surface area contributed by atoms with Crippen molar-refractivity contribution in [3.63, 3.8) is 0 Å². The van der Waals surface area contributed by atoms with Crippen molar-refractivity contribution in [3.8, 4) is 17.2 Å². The van der Waals surface area contributed by atoms with E-state index in [0.29, 0.717) is 36.0 Å². The first kappa shape index (κ1) is 17.6. The van der Waals surface area contributed by atoms with E-state index in [-0.39, 0.29) is 5.78 Å². The number of methoxy groups -OCH3 is 1. The summed E-state index contributed by atoms with van der Waals surface area (Å²) in [6.07, 6.45) is 2.62. The SMILES string of the molecule is C=CCc1ccc(OCCOc2ccccc2C(C)=O)c(OC)c1. The van der Waals surface area contributed by atoms with Gasteiger partial charge in [0.1, 0.15) is 19.0 Å². The molecule has 0 aromatic heterocycles. The Kier molecular flexibility index (Phi) is 6.43. The lowest BCUT2D eigenvalue weighted by molar-refractivity contribution is 0.101. The Labute approximate surface area is 142 Å². The van der Waals surface area contributed by atoms with Gasteiger partial charge in [-0.2, -0.15) is 0 Å². The zero-order valence-electron chi connectivity index (χ0n) is 14.1. The lowest BCUT2D eigenvalue weighted by Crippen LogP contribution is -2.11. The van der Waals surface area contributed by atoms with Crippen LogP contribution >= 0.6 is 0 Å². The maximum atomic E-state index is 11.6. The number of carbonyl (C=O) groups is 1. The number of rotatable bonds is 9. The van der Waals surface area contributed by atoms with Crippen LogP contribution < -0.4 is 14.2 Å². The highest BCUT2D eigenvalue weighted by Crippen LogP contribution is 2.28. The molecule has 2 aromatic rings. The van der Waals surface area contributed by atoms with Crippen molar-refractivity contribution in [1.29, 1.82) is 0 Å². The van der Waals surface area contributed by atoms with E-state index < -0.39 is 0 Å². The summed E-state index contributed by atoms with van der Waals surface area (Å²) in [7, 11) is 1.61. The summed E-state index contributed by atoms with van der Waals surface area (Å²) in [5, 5.41) is 0. The number of hydrogen-bond acceptors (Lipinski definition) is 4. The molecule has 4 heteroatoms. The summed E-state index contributed by atoms with van der Waals surface area (Å²) in [5.74, 6) is 1.89. The maximum absolute atomic E-state index is 11.6. The fraction of sp³-hybridized carbons (Fsp3) is 0.250. The number of benzene rings is 2. The predicted molar refractivity (Wildman–Crippen MR) is 94.3 cm³/mol. The van der Waals surface area contributed by atoms with Gasteiger partial charge in [-0.3, -0.25) is 4.79 Å². The van der Waals surface area contributed by atoms with Crippen molar-refractivity contribution < 1.29 is 19.0 Å². The highest BCUT2D eigenvalue weighted by Gasteiger charge is 2.08. The van der Waals surface area contributed by atoms with Crippen LogP contribution in [0.4, 0.5) is 0 Å². The van der Waals surface area contributed by atoms with Crippen LogP contribution in [0.3, 0.4) is 0 Å². The molecule has 0 saturated heterocycles. The Bertz CT molecular complexity index is 707. The van der Waals surface area contributed by atoms with Crippen molar-refractivity contribution in [2.45, 2.75) is 13.3 Å². The molecule has 0 fully saturated rings. The number of ketones is 1. The van der Waals surface area contributed by atoms with Crippen LogP contribution in [0.15, 0.2) is 55.1 Å². The number of hydrogen-bond donors (Lipinski definition) is 0. The van der Waals surface area contributed by atoms with E-state index in [1.54, 1.807) is 19.2 Å². The van der Waals surface area contributed by atoms with Crippen LogP contribution in [-0.2, 0) is 6.42 Å². The smallest absolute Gasteiger partial charge is 0.163 e. The van der Waals surface area contributed by atoms with Gasteiger partial charge in [-0.25, -0.2) is 0 Å². The van der Waals surface area contributed by atoms with Gasteiger partial charge in [-0.1, -0.05) is 24.3 Å². The molecule has 0 unspecified atom stereocenters. The van der Waals surface area contributed by atoms with Crippen molar-refractivity contribution in [3.05, 3.63) is 66.2 Å². The summed E-state index contributed by atoms with van der Waals surface area (Å²) in [5.41, 5.74) is 1.68. The first-order valence-corrected chi connectivity index (χ1v) is 7.79. The summed E-state index contributed by atoms with van der Waals surface area (Å²) >= 11 is 0. The van der Waals surface area contributed by atoms with Crippen LogP contribution in [0.1, 0.15) is 22.8 Å². The molecule has 0 atom stereocenters. The lowest BCUT2D eigenvalue weighted by atomic mass is 10.1. The van der Waals surface area contributed by atoms with E-state index >= 15 is 0 Å². The molecule has 126 valence electrons. The zero-order chi connectivity index (χ0) is 17.4. The lowest BCUT2D eigenvalue weighted by Gasteiger charge is -2.13. The van der Waals surface area contributed by atoms with Crippen LogP contribution in [0.25, 0.3) is 0 Å². The molecule has 0 aliphatic carbocycles. The molecule has 0 spiro atoms. The van der Waals surface area contributed by atoms with E-state index in [1.165, 1.54) is 6.92 Å². The molecular weight excluding hydrogens is 304 g/mol. The van der Waals surface area contributed by atoms with Gasteiger partial charge in [0.05, 0.1) is 12.7 Å². The molecule has 2 aromatic carbocycles. The van der Waals surface area contributed by atoms with Crippen molar-refractivity contribution >= 4 is 5.78 Å². The van der Waals surface area contributed by atoms with Crippen LogP contribution in [0.5, 0.6) is 17.2 Å². The molecule has 24 heavy (non-hydrogen) atoms. The first-order chi connectivity index (χ1) is 11.7. The van der Waals surface area contributed by atoms with Gasteiger partial charge in [-0.15, -0.1) is 6.58 Å². The molecule has 0 bridgehead atoms. The highest BCUT2D eigenvalue weighted by molar-refractivity contribution is 5.96. The van der Waals surface area contributed by atoms with Crippen LogP contribution in [-0.4, -0.2) is 26.1 Å². The second-order valence-electron chi connectivity index (χ2n) is 5.23. The minimum absolute atomic E-state index is 0.0222. The molecule has 0 radical (unpaired) electrons. The minimum atomic E-state index is -0.0222. The Morgan fingerprint density at radius 1 is 1.04 bits per heavy atom. The average Bonchev–Trinajstić information content (AvgIpc) is 2.60. The van der Waals surface area contributed by atoms with Gasteiger partial charge < -0.3 is 14.2 Å². The van der Waals surface area contributed by atoms with Gasteiger partial charge in [0, 0.05) is 0 Å². The molecule has 0 aliphatic heterocycles. The third-order valence-corrected chi connectivity index (χ3v) is 3.47. The third-order valence-electron chi connectivity index (χ3n) is 3.47. The van der Waals surface area contributed by atoms with Gasteiger partial charge in [0.2, 0.25) is 0 Å². The summed E-state index contributed by atoms with van der Waals surface area (Å²) in [6, 6.07) is 13.0. The Morgan fingerprint density at radius 3 is 2.42 bits per heavy atom. The number of carbonyl (C=O) groups excluding carboxylic acids is 1. The second kappa shape index (κ2) is 8.77. The second-order valence-corrected chi connectivity index (χ2v) is 5.23. The van der Waals surface area contributed by atoms with E-state index in [2.05, 4.69) is 6.58 Å². The van der Waals surface area contributed by atoms with E-state index in [9.17, 15) is 4.79 Å². The Hall–Kier alpha value is -2.75. The average molecular weight is 326 g/mol. The van der Waals surface area contributed by atoms with E-state index in [4.69, 9.17) is 14.2 Å². The van der Waals surface area contributed by atoms with Gasteiger partial charge in [0.25, 0.3) is 0 Å². The van der Waals surface area contributed by atoms with Gasteiger partial charge in [0.15, 0.2) is 17.3 Å². The Morgan fingerprint density at radius 2 is 1.75 bits per heavy atom. The monoisotopic (exact) mass is 326 g/mol. The van der Waals surface area contributed by atoms with E-state index in [1.807, 2.05) is 36.4 Å². The summed E-state index contributed by atoms with van der Waals surface area (Å²) < 4.78 is 16.7. The summed E-state index contributed by atoms with van der Waals surface area (Å²) in [6.45, 7) is 5.94. The predicted octanol–water partition coefficient (Wildman–Crippen LogP) is 4.08. The molecule has 0 amide bonds. The molecule has 0 aliphatic rings. The fourth-order valence-corrected chi connectivity index (χ4v) is 2.31. The van der Waals surface area contributed by atoms with Crippen LogP contribution in [0.2, 0.25) is 0 Å². The number of ether oxygens (including phenoxy) is 3. The topological polar surface area (TPSA) is 44.8 Å². The van der Waals surface area contributed by atoms with Gasteiger partial charge in [-0.05, 0) is 43.2 Å². The zero-order valence-corrected chi connectivity index (χ0v) is 14.1. The maximum Gasteiger partial charge on any atom is 0.163 e. The quantitative estimate of drug-likeness (QED) is 0.396. The summed E-state index contributed by atoms with van der Waals surface area (Å²) in [4.78, 5) is 11.6. The third kappa shape index (κ3) is 4.62.